The predicted octanol–water partition coefficient (Wildman–Crippen LogP) is 3.13. The van der Waals surface area contributed by atoms with Crippen molar-refractivity contribution >= 4 is 18.2 Å². The predicted molar refractivity (Wildman–Crippen MR) is 105 cm³/mol. The largest absolute Gasteiger partial charge is 0.341 e. The molecule has 2 aliphatic rings. The van der Waals surface area contributed by atoms with Crippen LogP contribution in [0.5, 0.6) is 0 Å². The van der Waals surface area contributed by atoms with Crippen molar-refractivity contribution in [1.29, 1.82) is 0 Å². The summed E-state index contributed by atoms with van der Waals surface area (Å²) in [5.74, 6) is -1.37. The van der Waals surface area contributed by atoms with Crippen LogP contribution in [-0.4, -0.2) is 58.3 Å². The van der Waals surface area contributed by atoms with E-state index in [1.165, 1.54) is 23.3 Å². The number of benzene rings is 1. The molecule has 0 radical (unpaired) electrons. The summed E-state index contributed by atoms with van der Waals surface area (Å²) in [6.07, 6.45) is 3.59. The SMILES string of the molecule is CCc1nc(N2CCN(C(=O)N3N=CC[C@H]3c3cc(F)cc(F)c3)CC2)ncc1F. The van der Waals surface area contributed by atoms with E-state index in [-0.39, 0.29) is 6.03 Å². The van der Waals surface area contributed by atoms with Crippen LogP contribution in [-0.2, 0) is 6.42 Å². The number of halogens is 3. The van der Waals surface area contributed by atoms with Crippen LogP contribution < -0.4 is 4.90 Å². The fraction of sp³-hybridized carbons (Fsp3) is 0.400. The molecule has 1 fully saturated rings. The van der Waals surface area contributed by atoms with Gasteiger partial charge in [0.05, 0.1) is 17.9 Å². The maximum Gasteiger partial charge on any atom is 0.341 e. The Morgan fingerprint density at radius 2 is 1.80 bits per heavy atom. The fourth-order valence-corrected chi connectivity index (χ4v) is 3.68. The molecule has 3 heterocycles. The Bertz CT molecular complexity index is 957. The number of carbonyl (C=O) groups excluding carboxylic acids is 1. The van der Waals surface area contributed by atoms with Gasteiger partial charge in [-0.2, -0.15) is 5.10 Å². The lowest BCUT2D eigenvalue weighted by atomic mass is 10.0. The second-order valence-corrected chi connectivity index (χ2v) is 7.17. The zero-order valence-electron chi connectivity index (χ0n) is 16.4. The van der Waals surface area contributed by atoms with Gasteiger partial charge in [0.25, 0.3) is 0 Å². The highest BCUT2D eigenvalue weighted by Gasteiger charge is 2.33. The molecule has 2 aliphatic heterocycles. The Morgan fingerprint density at radius 1 is 1.10 bits per heavy atom. The average Bonchev–Trinajstić information content (AvgIpc) is 3.23. The summed E-state index contributed by atoms with van der Waals surface area (Å²) in [6, 6.07) is 2.36. The van der Waals surface area contributed by atoms with Crippen molar-refractivity contribution < 1.29 is 18.0 Å². The normalized spacial score (nSPS) is 18.9. The van der Waals surface area contributed by atoms with Crippen molar-refractivity contribution in [2.24, 2.45) is 5.10 Å². The minimum absolute atomic E-state index is 0.327. The van der Waals surface area contributed by atoms with E-state index in [4.69, 9.17) is 0 Å². The molecular formula is C20H21F3N6O. The van der Waals surface area contributed by atoms with Crippen LogP contribution in [0.25, 0.3) is 0 Å². The summed E-state index contributed by atoms with van der Waals surface area (Å²) in [4.78, 5) is 24.8. The van der Waals surface area contributed by atoms with Crippen LogP contribution in [0.4, 0.5) is 23.9 Å². The van der Waals surface area contributed by atoms with E-state index in [9.17, 15) is 18.0 Å². The van der Waals surface area contributed by atoms with Gasteiger partial charge in [0.1, 0.15) is 11.6 Å². The number of amides is 2. The lowest BCUT2D eigenvalue weighted by Crippen LogP contribution is -2.52. The first-order valence-electron chi connectivity index (χ1n) is 9.79. The summed E-state index contributed by atoms with van der Waals surface area (Å²) in [6.45, 7) is 3.59. The summed E-state index contributed by atoms with van der Waals surface area (Å²) >= 11 is 0. The maximum atomic E-state index is 13.6. The molecule has 0 aliphatic carbocycles. The van der Waals surface area contributed by atoms with Gasteiger partial charge in [-0.25, -0.2) is 32.9 Å². The van der Waals surface area contributed by atoms with E-state index in [1.54, 1.807) is 11.1 Å². The summed E-state index contributed by atoms with van der Waals surface area (Å²) < 4.78 is 40.9. The third kappa shape index (κ3) is 3.94. The first-order valence-corrected chi connectivity index (χ1v) is 9.79. The number of hydrazone groups is 1. The molecule has 0 spiro atoms. The Hall–Kier alpha value is -3.17. The van der Waals surface area contributed by atoms with Gasteiger partial charge in [-0.05, 0) is 24.1 Å². The molecule has 0 N–H and O–H groups in total. The highest BCUT2D eigenvalue weighted by molar-refractivity contribution is 5.78. The van der Waals surface area contributed by atoms with Crippen molar-refractivity contribution in [3.05, 3.63) is 53.1 Å². The zero-order chi connectivity index (χ0) is 21.3. The smallest absolute Gasteiger partial charge is 0.337 e. The van der Waals surface area contributed by atoms with Gasteiger partial charge in [0, 0.05) is 44.9 Å². The monoisotopic (exact) mass is 418 g/mol. The van der Waals surface area contributed by atoms with E-state index in [0.29, 0.717) is 56.2 Å². The van der Waals surface area contributed by atoms with Crippen LogP contribution in [0.3, 0.4) is 0 Å². The second-order valence-electron chi connectivity index (χ2n) is 7.17. The molecule has 10 heteroatoms. The van der Waals surface area contributed by atoms with Gasteiger partial charge >= 0.3 is 6.03 Å². The van der Waals surface area contributed by atoms with E-state index in [0.717, 1.165) is 6.07 Å². The van der Waals surface area contributed by atoms with Crippen molar-refractivity contribution in [1.82, 2.24) is 19.9 Å². The molecule has 0 bridgehead atoms. The molecule has 0 unspecified atom stereocenters. The average molecular weight is 418 g/mol. The number of hydrogen-bond acceptors (Lipinski definition) is 5. The maximum absolute atomic E-state index is 13.6. The lowest BCUT2D eigenvalue weighted by Gasteiger charge is -2.37. The highest BCUT2D eigenvalue weighted by atomic mass is 19.1. The molecule has 1 atom stereocenters. The molecule has 4 rings (SSSR count). The molecular weight excluding hydrogens is 397 g/mol. The molecule has 2 aromatic rings. The second kappa shape index (κ2) is 8.29. The van der Waals surface area contributed by atoms with Crippen molar-refractivity contribution in [2.45, 2.75) is 25.8 Å². The highest BCUT2D eigenvalue weighted by Crippen LogP contribution is 2.30. The van der Waals surface area contributed by atoms with Crippen LogP contribution >= 0.6 is 0 Å². The van der Waals surface area contributed by atoms with E-state index < -0.39 is 23.5 Å². The molecule has 2 amide bonds. The molecule has 1 aromatic heterocycles. The van der Waals surface area contributed by atoms with Gasteiger partial charge in [-0.3, -0.25) is 0 Å². The van der Waals surface area contributed by atoms with Gasteiger partial charge in [-0.1, -0.05) is 6.92 Å². The number of carbonyl (C=O) groups is 1. The fourth-order valence-electron chi connectivity index (χ4n) is 3.68. The van der Waals surface area contributed by atoms with Crippen molar-refractivity contribution in [3.63, 3.8) is 0 Å². The number of piperazine rings is 1. The minimum atomic E-state index is -0.691. The number of hydrogen-bond donors (Lipinski definition) is 0. The lowest BCUT2D eigenvalue weighted by molar-refractivity contribution is 0.139. The number of rotatable bonds is 3. The van der Waals surface area contributed by atoms with E-state index in [1.807, 2.05) is 11.8 Å². The zero-order valence-corrected chi connectivity index (χ0v) is 16.4. The number of nitrogens with zero attached hydrogens (tertiary/aromatic N) is 6. The van der Waals surface area contributed by atoms with Crippen LogP contribution in [0.15, 0.2) is 29.5 Å². The standard InChI is InChI=1S/C20H21F3N6O/c1-2-17-16(23)12-24-19(26-17)27-5-7-28(8-6-27)20(30)29-18(3-4-25-29)13-9-14(21)11-15(22)10-13/h4,9-12,18H,2-3,5-8H2,1H3/t18-/m0/s1. The number of anilines is 1. The van der Waals surface area contributed by atoms with Crippen molar-refractivity contribution in [2.75, 3.05) is 31.1 Å². The van der Waals surface area contributed by atoms with Crippen LogP contribution in [0, 0.1) is 17.5 Å². The van der Waals surface area contributed by atoms with Gasteiger partial charge in [0.2, 0.25) is 5.95 Å². The molecule has 7 nitrogen and oxygen atoms in total. The van der Waals surface area contributed by atoms with Gasteiger partial charge in [-0.15, -0.1) is 0 Å². The number of aromatic nitrogens is 2. The topological polar surface area (TPSA) is 64.9 Å². The number of aryl methyl sites for hydroxylation is 1. The van der Waals surface area contributed by atoms with Crippen LogP contribution in [0.1, 0.15) is 30.6 Å². The Kier molecular flexibility index (Phi) is 5.56. The van der Waals surface area contributed by atoms with Gasteiger partial charge in [0.15, 0.2) is 5.82 Å². The van der Waals surface area contributed by atoms with Gasteiger partial charge < -0.3 is 9.80 Å². The third-order valence-corrected chi connectivity index (χ3v) is 5.27. The third-order valence-electron chi connectivity index (χ3n) is 5.27. The number of urea groups is 1. The quantitative estimate of drug-likeness (QED) is 0.768. The van der Waals surface area contributed by atoms with Crippen LogP contribution in [0.2, 0.25) is 0 Å². The van der Waals surface area contributed by atoms with E-state index >= 15 is 0 Å². The molecule has 158 valence electrons. The molecule has 1 aromatic carbocycles. The molecule has 30 heavy (non-hydrogen) atoms. The molecule has 0 saturated carbocycles. The Labute approximate surface area is 171 Å². The summed E-state index contributed by atoms with van der Waals surface area (Å²) in [5.41, 5.74) is 0.721. The first kappa shape index (κ1) is 20.1. The van der Waals surface area contributed by atoms with Crippen molar-refractivity contribution in [3.8, 4) is 0 Å². The Morgan fingerprint density at radius 3 is 2.47 bits per heavy atom. The van der Waals surface area contributed by atoms with E-state index in [2.05, 4.69) is 15.1 Å². The summed E-state index contributed by atoms with van der Waals surface area (Å²) in [7, 11) is 0. The Balaban J connectivity index is 1.43. The minimum Gasteiger partial charge on any atom is -0.337 e. The first-order chi connectivity index (χ1) is 14.5. The summed E-state index contributed by atoms with van der Waals surface area (Å²) in [5, 5.41) is 5.40. The molecule has 1 saturated heterocycles.